The van der Waals surface area contributed by atoms with Crippen LogP contribution in [0, 0.1) is 5.92 Å². The van der Waals surface area contributed by atoms with E-state index in [4.69, 9.17) is 21.3 Å². The Bertz CT molecular complexity index is 1130. The lowest BCUT2D eigenvalue weighted by Gasteiger charge is -2.36. The molecule has 5 nitrogen and oxygen atoms in total. The lowest BCUT2D eigenvalue weighted by atomic mass is 9.84. The number of rotatable bonds is 6. The highest BCUT2D eigenvalue weighted by Gasteiger charge is 2.30. The molecule has 168 valence electrons. The second-order valence-electron chi connectivity index (χ2n) is 9.28. The fourth-order valence-electron chi connectivity index (χ4n) is 4.99. The van der Waals surface area contributed by atoms with Gasteiger partial charge in [-0.25, -0.2) is 9.97 Å². The van der Waals surface area contributed by atoms with Crippen molar-refractivity contribution in [2.24, 2.45) is 5.92 Å². The molecule has 2 aliphatic heterocycles. The van der Waals surface area contributed by atoms with Crippen molar-refractivity contribution >= 4 is 34.0 Å². The normalized spacial score (nSPS) is 20.3. The van der Waals surface area contributed by atoms with Crippen molar-refractivity contribution in [3.05, 3.63) is 59.5 Å². The highest BCUT2D eigenvalue weighted by molar-refractivity contribution is 6.29. The summed E-state index contributed by atoms with van der Waals surface area (Å²) in [5, 5.41) is 0.555. The van der Waals surface area contributed by atoms with E-state index in [0.29, 0.717) is 23.1 Å². The number of imidazole rings is 1. The minimum Gasteiger partial charge on any atom is -0.376 e. The summed E-state index contributed by atoms with van der Waals surface area (Å²) in [6, 6.07) is 12.4. The summed E-state index contributed by atoms with van der Waals surface area (Å²) in [7, 11) is 0. The van der Waals surface area contributed by atoms with Crippen LogP contribution >= 0.6 is 11.6 Å². The maximum absolute atomic E-state index is 6.10. The number of allylic oxidation sites excluding steroid dienone is 1. The lowest BCUT2D eigenvalue weighted by Crippen LogP contribution is -2.36. The predicted octanol–water partition coefficient (Wildman–Crippen LogP) is 5.93. The van der Waals surface area contributed by atoms with Gasteiger partial charge in [-0.2, -0.15) is 0 Å². The third kappa shape index (κ3) is 4.16. The van der Waals surface area contributed by atoms with Crippen LogP contribution in [0.5, 0.6) is 0 Å². The van der Waals surface area contributed by atoms with E-state index >= 15 is 0 Å². The molecule has 0 aliphatic carbocycles. The van der Waals surface area contributed by atoms with Gasteiger partial charge in [0.1, 0.15) is 16.8 Å². The first-order valence-electron chi connectivity index (χ1n) is 11.6. The summed E-state index contributed by atoms with van der Waals surface area (Å²) in [6.07, 6.45) is 3.66. The van der Waals surface area contributed by atoms with Crippen LogP contribution in [0.15, 0.2) is 43.0 Å². The Morgan fingerprint density at radius 3 is 2.62 bits per heavy atom. The third-order valence-electron chi connectivity index (χ3n) is 7.13. The Morgan fingerprint density at radius 1 is 1.19 bits per heavy atom. The smallest absolute Gasteiger partial charge is 0.131 e. The number of benzene rings is 1. The van der Waals surface area contributed by atoms with E-state index in [1.165, 1.54) is 16.9 Å². The van der Waals surface area contributed by atoms with Gasteiger partial charge < -0.3 is 14.2 Å². The van der Waals surface area contributed by atoms with Gasteiger partial charge in [-0.1, -0.05) is 42.8 Å². The summed E-state index contributed by atoms with van der Waals surface area (Å²) < 4.78 is 8.21. The molecule has 6 heteroatoms. The lowest BCUT2D eigenvalue weighted by molar-refractivity contribution is -0.0592. The Kier molecular flexibility index (Phi) is 5.95. The van der Waals surface area contributed by atoms with Crippen molar-refractivity contribution in [2.75, 3.05) is 24.6 Å². The summed E-state index contributed by atoms with van der Waals surface area (Å²) in [5.41, 5.74) is 4.52. The quantitative estimate of drug-likeness (QED) is 0.437. The summed E-state index contributed by atoms with van der Waals surface area (Å²) in [6.45, 7) is 12.3. The summed E-state index contributed by atoms with van der Waals surface area (Å²) >= 11 is 6.10. The molecule has 0 saturated carbocycles. The van der Waals surface area contributed by atoms with E-state index in [2.05, 4.69) is 53.1 Å². The third-order valence-corrected chi connectivity index (χ3v) is 7.34. The van der Waals surface area contributed by atoms with Crippen molar-refractivity contribution in [3.8, 4) is 0 Å². The molecular formula is C26H31ClN4O. The first-order chi connectivity index (χ1) is 15.5. The number of hydrogen-bond acceptors (Lipinski definition) is 4. The molecule has 2 fully saturated rings. The second kappa shape index (κ2) is 8.87. The fourth-order valence-corrected chi connectivity index (χ4v) is 5.15. The molecule has 2 unspecified atom stereocenters. The van der Waals surface area contributed by atoms with Crippen molar-refractivity contribution in [1.82, 2.24) is 14.5 Å². The fraction of sp³-hybridized carbons (Fsp3) is 0.462. The molecule has 2 aromatic heterocycles. The number of anilines is 1. The molecule has 32 heavy (non-hydrogen) atoms. The van der Waals surface area contributed by atoms with Crippen molar-refractivity contribution < 1.29 is 4.74 Å². The monoisotopic (exact) mass is 450 g/mol. The highest BCUT2D eigenvalue weighted by atomic mass is 35.5. The molecule has 5 rings (SSSR count). The molecule has 3 aromatic rings. The first-order valence-corrected chi connectivity index (χ1v) is 12.0. The first kappa shape index (κ1) is 21.5. The van der Waals surface area contributed by atoms with Crippen LogP contribution in [0.25, 0.3) is 16.6 Å². The minimum absolute atomic E-state index is 0.294. The van der Waals surface area contributed by atoms with Crippen LogP contribution < -0.4 is 4.90 Å². The number of nitrogens with zero attached hydrogens (tertiary/aromatic N) is 4. The van der Waals surface area contributed by atoms with E-state index in [1.54, 1.807) is 0 Å². The van der Waals surface area contributed by atoms with E-state index < -0.39 is 0 Å². The Morgan fingerprint density at radius 2 is 1.97 bits per heavy atom. The zero-order valence-corrected chi connectivity index (χ0v) is 19.7. The van der Waals surface area contributed by atoms with Gasteiger partial charge in [0.25, 0.3) is 0 Å². The zero-order chi connectivity index (χ0) is 22.2. The molecular weight excluding hydrogens is 420 g/mol. The number of piperidine rings is 1. The van der Waals surface area contributed by atoms with Gasteiger partial charge in [0.2, 0.25) is 0 Å². The van der Waals surface area contributed by atoms with E-state index in [0.717, 1.165) is 62.4 Å². The van der Waals surface area contributed by atoms with E-state index in [1.807, 2.05) is 18.2 Å². The molecule has 4 heterocycles. The Balaban J connectivity index is 1.39. The SMILES string of the molecule is C=C(C)c1ccc2nc(C(C)C3CCN(c4cccc(Cl)n4)CC3)n(CC3CCO3)c2c1. The van der Waals surface area contributed by atoms with Crippen LogP contribution in [0.3, 0.4) is 0 Å². The molecule has 2 saturated heterocycles. The summed E-state index contributed by atoms with van der Waals surface area (Å²) in [4.78, 5) is 12.0. The predicted molar refractivity (Wildman–Crippen MR) is 131 cm³/mol. The highest BCUT2D eigenvalue weighted by Crippen LogP contribution is 2.36. The average Bonchev–Trinajstić information content (AvgIpc) is 3.13. The number of hydrogen-bond donors (Lipinski definition) is 0. The van der Waals surface area contributed by atoms with Crippen LogP contribution in [-0.2, 0) is 11.3 Å². The number of ether oxygens (including phenoxy) is 1. The molecule has 0 bridgehead atoms. The van der Waals surface area contributed by atoms with Crippen LogP contribution in [-0.4, -0.2) is 40.3 Å². The van der Waals surface area contributed by atoms with Crippen LogP contribution in [0.2, 0.25) is 5.15 Å². The zero-order valence-electron chi connectivity index (χ0n) is 18.9. The molecule has 2 aliphatic rings. The largest absolute Gasteiger partial charge is 0.376 e. The van der Waals surface area contributed by atoms with Crippen molar-refractivity contribution in [2.45, 2.75) is 51.7 Å². The average molecular weight is 451 g/mol. The van der Waals surface area contributed by atoms with Gasteiger partial charge in [0.05, 0.1) is 23.7 Å². The van der Waals surface area contributed by atoms with Crippen LogP contribution in [0.1, 0.15) is 50.4 Å². The number of pyridine rings is 1. The molecule has 1 aromatic carbocycles. The maximum Gasteiger partial charge on any atom is 0.131 e. The van der Waals surface area contributed by atoms with Gasteiger partial charge in [0.15, 0.2) is 0 Å². The van der Waals surface area contributed by atoms with Gasteiger partial charge in [0, 0.05) is 25.6 Å². The molecule has 0 N–H and O–H groups in total. The van der Waals surface area contributed by atoms with Crippen molar-refractivity contribution in [3.63, 3.8) is 0 Å². The van der Waals surface area contributed by atoms with Crippen LogP contribution in [0.4, 0.5) is 5.82 Å². The summed E-state index contributed by atoms with van der Waals surface area (Å²) in [5.74, 6) is 3.13. The standard InChI is InChI=1S/C26H31ClN4O/c1-17(2)20-7-8-22-23(15-20)31(16-21-11-14-32-21)26(28-22)18(3)19-9-12-30(13-10-19)25-6-4-5-24(27)29-25/h4-8,15,18-19,21H,1,9-14,16H2,2-3H3. The van der Waals surface area contributed by atoms with Crippen molar-refractivity contribution in [1.29, 1.82) is 0 Å². The molecule has 0 amide bonds. The molecule has 0 spiro atoms. The Labute approximate surface area is 195 Å². The molecule has 2 atom stereocenters. The topological polar surface area (TPSA) is 43.2 Å². The van der Waals surface area contributed by atoms with E-state index in [9.17, 15) is 0 Å². The Hall–Kier alpha value is -2.37. The van der Waals surface area contributed by atoms with Gasteiger partial charge in [-0.15, -0.1) is 0 Å². The molecule has 0 radical (unpaired) electrons. The second-order valence-corrected chi connectivity index (χ2v) is 9.66. The maximum atomic E-state index is 6.10. The number of aromatic nitrogens is 3. The van der Waals surface area contributed by atoms with Gasteiger partial charge in [-0.3, -0.25) is 0 Å². The number of halogens is 1. The van der Waals surface area contributed by atoms with E-state index in [-0.39, 0.29) is 0 Å². The van der Waals surface area contributed by atoms with Gasteiger partial charge >= 0.3 is 0 Å². The van der Waals surface area contributed by atoms with Gasteiger partial charge in [-0.05, 0) is 61.9 Å². The minimum atomic E-state index is 0.294. The number of fused-ring (bicyclic) bond motifs is 1.